The van der Waals surface area contributed by atoms with Crippen LogP contribution in [0.15, 0.2) is 78.9 Å². The van der Waals surface area contributed by atoms with Gasteiger partial charge in [-0.05, 0) is 67.0 Å². The van der Waals surface area contributed by atoms with Crippen LogP contribution in [0.5, 0.6) is 11.5 Å². The largest absolute Gasteiger partial charge is 0.508 e. The third kappa shape index (κ3) is 9.57. The van der Waals surface area contributed by atoms with E-state index in [9.17, 15) is 24.3 Å². The van der Waals surface area contributed by atoms with E-state index < -0.39 is 23.9 Å². The lowest BCUT2D eigenvalue weighted by molar-refractivity contribution is -0.137. The van der Waals surface area contributed by atoms with Gasteiger partial charge >= 0.3 is 0 Å². The monoisotopic (exact) mass is 640 g/mol. The van der Waals surface area contributed by atoms with Crippen molar-refractivity contribution >= 4 is 23.6 Å². The van der Waals surface area contributed by atoms with E-state index in [0.29, 0.717) is 43.5 Å². The highest BCUT2D eigenvalue weighted by Crippen LogP contribution is 2.28. The van der Waals surface area contributed by atoms with Crippen LogP contribution < -0.4 is 20.7 Å². The van der Waals surface area contributed by atoms with Crippen molar-refractivity contribution in [2.45, 2.75) is 69.4 Å². The Balaban J connectivity index is 1.36. The third-order valence-corrected chi connectivity index (χ3v) is 8.86. The summed E-state index contributed by atoms with van der Waals surface area (Å²) in [6, 6.07) is 21.5. The summed E-state index contributed by atoms with van der Waals surface area (Å²) in [7, 11) is 0. The first-order chi connectivity index (χ1) is 22.9. The maximum Gasteiger partial charge on any atom is 0.255 e. The molecule has 4 amide bonds. The number of phenols is 1. The normalized spacial score (nSPS) is 20.8. The summed E-state index contributed by atoms with van der Waals surface area (Å²) in [5.74, 6) is -0.869. The number of aromatic hydroxyl groups is 1. The number of hydrogen-bond donors (Lipinski definition) is 4. The second-order valence-electron chi connectivity index (χ2n) is 12.3. The first-order valence-corrected chi connectivity index (χ1v) is 16.6. The lowest BCUT2D eigenvalue weighted by Gasteiger charge is -2.34. The Labute approximate surface area is 275 Å². The molecule has 248 valence electrons. The number of ether oxygens (including phenoxy) is 1. The molecule has 47 heavy (non-hydrogen) atoms. The van der Waals surface area contributed by atoms with Gasteiger partial charge in [0.2, 0.25) is 17.7 Å². The van der Waals surface area contributed by atoms with E-state index >= 15 is 0 Å². The third-order valence-electron chi connectivity index (χ3n) is 8.86. The Kier molecular flexibility index (Phi) is 11.9. The molecule has 5 rings (SSSR count). The molecule has 3 aromatic carbocycles. The number of amides is 4. The molecular formula is C37H44N4O6. The SMILES string of the molecule is O=C1C[C@@H](C(=O)N2CCC(c3ccccc3)CC2)NC(=O)c2ccccc2OCCCCCCNC(=O)[C@H](Cc2ccc(O)cc2)N1. The van der Waals surface area contributed by atoms with E-state index in [1.54, 1.807) is 41.3 Å². The van der Waals surface area contributed by atoms with Crippen LogP contribution in [0.4, 0.5) is 0 Å². The number of hydrogen-bond acceptors (Lipinski definition) is 6. The number of phenolic OH excluding ortho intramolecular Hbond substituents is 1. The minimum Gasteiger partial charge on any atom is -0.508 e. The second kappa shape index (κ2) is 16.6. The fraction of sp³-hybridized carbons (Fsp3) is 0.405. The fourth-order valence-electron chi connectivity index (χ4n) is 6.21. The Morgan fingerprint density at radius 1 is 0.830 bits per heavy atom. The minimum atomic E-state index is -1.15. The highest BCUT2D eigenvalue weighted by molar-refractivity contribution is 6.01. The number of para-hydroxylation sites is 1. The highest BCUT2D eigenvalue weighted by atomic mass is 16.5. The number of rotatable bonds is 4. The van der Waals surface area contributed by atoms with Gasteiger partial charge in [0, 0.05) is 26.1 Å². The average molecular weight is 641 g/mol. The van der Waals surface area contributed by atoms with Gasteiger partial charge in [-0.1, -0.05) is 67.4 Å². The van der Waals surface area contributed by atoms with E-state index in [-0.39, 0.29) is 30.4 Å². The summed E-state index contributed by atoms with van der Waals surface area (Å²) >= 11 is 0. The van der Waals surface area contributed by atoms with Crippen LogP contribution in [-0.4, -0.2) is 72.0 Å². The smallest absolute Gasteiger partial charge is 0.255 e. The molecule has 0 saturated carbocycles. The van der Waals surface area contributed by atoms with Gasteiger partial charge in [-0.2, -0.15) is 0 Å². The molecule has 1 saturated heterocycles. The Hall–Kier alpha value is -4.86. The predicted molar refractivity (Wildman–Crippen MR) is 178 cm³/mol. The van der Waals surface area contributed by atoms with Crippen LogP contribution in [0.25, 0.3) is 0 Å². The lowest BCUT2D eigenvalue weighted by atomic mass is 9.89. The summed E-state index contributed by atoms with van der Waals surface area (Å²) < 4.78 is 5.96. The van der Waals surface area contributed by atoms with Crippen LogP contribution in [0.1, 0.15) is 72.3 Å². The number of fused-ring (bicyclic) bond motifs is 1. The summed E-state index contributed by atoms with van der Waals surface area (Å²) in [6.07, 6.45) is 4.71. The number of piperidine rings is 1. The predicted octanol–water partition coefficient (Wildman–Crippen LogP) is 4.08. The molecule has 2 heterocycles. The molecule has 0 bridgehead atoms. The molecule has 2 aliphatic rings. The van der Waals surface area contributed by atoms with Crippen LogP contribution >= 0.6 is 0 Å². The van der Waals surface area contributed by atoms with Crippen LogP contribution in [0, 0.1) is 0 Å². The van der Waals surface area contributed by atoms with Gasteiger partial charge in [0.05, 0.1) is 18.6 Å². The number of likely N-dealkylation sites (tertiary alicyclic amines) is 1. The molecule has 10 heteroatoms. The summed E-state index contributed by atoms with van der Waals surface area (Å²) in [5, 5.41) is 18.3. The summed E-state index contributed by atoms with van der Waals surface area (Å²) in [5.41, 5.74) is 2.28. The van der Waals surface area contributed by atoms with Gasteiger partial charge in [0.25, 0.3) is 5.91 Å². The van der Waals surface area contributed by atoms with Gasteiger partial charge < -0.3 is 30.7 Å². The number of nitrogens with zero attached hydrogens (tertiary/aromatic N) is 1. The number of carbonyl (C=O) groups is 4. The van der Waals surface area contributed by atoms with Crippen molar-refractivity contribution in [1.29, 1.82) is 0 Å². The standard InChI is InChI=1S/C37H44N4O6/c42-29-16-14-26(15-17-29)24-31-36(45)38-20-8-1-2-9-23-47-33-13-7-6-12-30(33)35(44)40-32(25-34(43)39-31)37(46)41-21-18-28(19-22-41)27-10-4-3-5-11-27/h3-7,10-17,28,31-32,42H,1-2,8-9,18-25H2,(H,38,45)(H,39,43)(H,40,44)/t31-,32-/m0/s1. The van der Waals surface area contributed by atoms with E-state index in [1.165, 1.54) is 17.7 Å². The molecule has 0 aromatic heterocycles. The maximum absolute atomic E-state index is 14.0. The molecule has 0 aliphatic carbocycles. The van der Waals surface area contributed by atoms with E-state index in [0.717, 1.165) is 44.1 Å². The summed E-state index contributed by atoms with van der Waals surface area (Å²) in [6.45, 7) is 1.88. The van der Waals surface area contributed by atoms with Gasteiger partial charge in [0.15, 0.2) is 0 Å². The molecule has 10 nitrogen and oxygen atoms in total. The minimum absolute atomic E-state index is 0.101. The Morgan fingerprint density at radius 3 is 2.30 bits per heavy atom. The molecule has 0 unspecified atom stereocenters. The fourth-order valence-corrected chi connectivity index (χ4v) is 6.21. The first kappa shape index (κ1) is 33.5. The van der Waals surface area contributed by atoms with Crippen molar-refractivity contribution < 1.29 is 29.0 Å². The van der Waals surface area contributed by atoms with Crippen molar-refractivity contribution in [1.82, 2.24) is 20.9 Å². The second-order valence-corrected chi connectivity index (χ2v) is 12.3. The van der Waals surface area contributed by atoms with Crippen LogP contribution in [-0.2, 0) is 20.8 Å². The number of carbonyl (C=O) groups excluding carboxylic acids is 4. The van der Waals surface area contributed by atoms with Crippen LogP contribution in [0.3, 0.4) is 0 Å². The lowest BCUT2D eigenvalue weighted by Crippen LogP contribution is -2.54. The Morgan fingerprint density at radius 2 is 1.53 bits per heavy atom. The zero-order valence-electron chi connectivity index (χ0n) is 26.7. The first-order valence-electron chi connectivity index (χ1n) is 16.6. The molecule has 1 fully saturated rings. The molecule has 0 radical (unpaired) electrons. The quantitative estimate of drug-likeness (QED) is 0.339. The van der Waals surface area contributed by atoms with Crippen molar-refractivity contribution in [3.8, 4) is 11.5 Å². The summed E-state index contributed by atoms with van der Waals surface area (Å²) in [4.78, 5) is 56.2. The van der Waals surface area contributed by atoms with Crippen molar-refractivity contribution in [2.75, 3.05) is 26.2 Å². The number of nitrogens with one attached hydrogen (secondary N) is 3. The average Bonchev–Trinajstić information content (AvgIpc) is 3.09. The van der Waals surface area contributed by atoms with Gasteiger partial charge in [-0.15, -0.1) is 0 Å². The molecule has 2 aliphatic heterocycles. The maximum atomic E-state index is 14.0. The highest BCUT2D eigenvalue weighted by Gasteiger charge is 2.33. The van der Waals surface area contributed by atoms with Crippen molar-refractivity contribution in [3.63, 3.8) is 0 Å². The van der Waals surface area contributed by atoms with Crippen molar-refractivity contribution in [2.24, 2.45) is 0 Å². The van der Waals surface area contributed by atoms with Gasteiger partial charge in [-0.3, -0.25) is 19.2 Å². The Bertz CT molecular complexity index is 1500. The molecule has 0 spiro atoms. The van der Waals surface area contributed by atoms with Crippen molar-refractivity contribution in [3.05, 3.63) is 95.6 Å². The van der Waals surface area contributed by atoms with Gasteiger partial charge in [-0.25, -0.2) is 0 Å². The zero-order valence-corrected chi connectivity index (χ0v) is 26.7. The van der Waals surface area contributed by atoms with E-state index in [2.05, 4.69) is 28.1 Å². The van der Waals surface area contributed by atoms with Crippen LogP contribution in [0.2, 0.25) is 0 Å². The van der Waals surface area contributed by atoms with E-state index in [1.807, 2.05) is 18.2 Å². The molecule has 2 atom stereocenters. The zero-order chi connectivity index (χ0) is 33.0. The topological polar surface area (TPSA) is 137 Å². The molecular weight excluding hydrogens is 596 g/mol. The van der Waals surface area contributed by atoms with Gasteiger partial charge in [0.1, 0.15) is 23.6 Å². The molecule has 4 N–H and O–H groups in total. The number of benzene rings is 3. The molecule has 3 aromatic rings. The van der Waals surface area contributed by atoms with E-state index in [4.69, 9.17) is 4.74 Å².